The molecule has 0 atom stereocenters. The van der Waals surface area contributed by atoms with Crippen LogP contribution in [-0.4, -0.2) is 29.7 Å². The maximum Gasteiger partial charge on any atom is 0.222 e. The van der Waals surface area contributed by atoms with Gasteiger partial charge in [0.1, 0.15) is 5.78 Å². The van der Waals surface area contributed by atoms with Gasteiger partial charge in [0.05, 0.1) is 0 Å². The number of carbonyl (C=O) groups excluding carboxylic acids is 2. The lowest BCUT2D eigenvalue weighted by atomic mass is 9.93. The molecule has 20 heavy (non-hydrogen) atoms. The Kier molecular flexibility index (Phi) is 5.18. The molecule has 4 heteroatoms. The molecule has 0 spiro atoms. The minimum Gasteiger partial charge on any atom is -0.343 e. The fourth-order valence-corrected chi connectivity index (χ4v) is 2.72. The molecular formula is C16H20ClNO2. The van der Waals surface area contributed by atoms with Crippen molar-refractivity contribution in [1.29, 1.82) is 0 Å². The van der Waals surface area contributed by atoms with Crippen molar-refractivity contribution < 1.29 is 9.59 Å². The third-order valence-electron chi connectivity index (χ3n) is 3.96. The highest BCUT2D eigenvalue weighted by atomic mass is 35.5. The van der Waals surface area contributed by atoms with Crippen LogP contribution in [0.3, 0.4) is 0 Å². The minimum atomic E-state index is 0.148. The summed E-state index contributed by atoms with van der Waals surface area (Å²) in [6, 6.07) is 7.61. The van der Waals surface area contributed by atoms with E-state index >= 15 is 0 Å². The highest BCUT2D eigenvalue weighted by Gasteiger charge is 2.24. The molecule has 0 N–H and O–H groups in total. The molecule has 0 radical (unpaired) electrons. The first-order chi connectivity index (χ1) is 9.56. The van der Waals surface area contributed by atoms with Gasteiger partial charge in [-0.3, -0.25) is 9.59 Å². The van der Waals surface area contributed by atoms with E-state index in [-0.39, 0.29) is 17.6 Å². The average molecular weight is 294 g/mol. The lowest BCUT2D eigenvalue weighted by Gasteiger charge is -2.31. The highest BCUT2D eigenvalue weighted by Crippen LogP contribution is 2.19. The second-order valence-corrected chi connectivity index (χ2v) is 5.83. The Morgan fingerprint density at radius 3 is 2.35 bits per heavy atom. The summed E-state index contributed by atoms with van der Waals surface area (Å²) < 4.78 is 0. The van der Waals surface area contributed by atoms with Crippen molar-refractivity contribution in [2.45, 2.75) is 32.6 Å². The first kappa shape index (κ1) is 15.0. The quantitative estimate of drug-likeness (QED) is 0.855. The van der Waals surface area contributed by atoms with Gasteiger partial charge < -0.3 is 4.90 Å². The van der Waals surface area contributed by atoms with E-state index in [1.165, 1.54) is 0 Å². The first-order valence-electron chi connectivity index (χ1n) is 7.09. The largest absolute Gasteiger partial charge is 0.343 e. The van der Waals surface area contributed by atoms with Crippen LogP contribution in [0.1, 0.15) is 31.7 Å². The normalized spacial score (nSPS) is 16.2. The predicted molar refractivity (Wildman–Crippen MR) is 79.8 cm³/mol. The van der Waals surface area contributed by atoms with Gasteiger partial charge in [0.15, 0.2) is 0 Å². The SMILES string of the molecule is CC(=O)C1CCN(C(=O)CCc2ccc(Cl)cc2)CC1. The minimum absolute atomic E-state index is 0.148. The van der Waals surface area contributed by atoms with Crippen LogP contribution in [0.15, 0.2) is 24.3 Å². The lowest BCUT2D eigenvalue weighted by Crippen LogP contribution is -2.40. The molecule has 0 aliphatic carbocycles. The summed E-state index contributed by atoms with van der Waals surface area (Å²) in [4.78, 5) is 25.3. The Bertz CT molecular complexity index is 476. The standard InChI is InChI=1S/C16H20ClNO2/c1-12(19)14-8-10-18(11-9-14)16(20)7-4-13-2-5-15(17)6-3-13/h2-3,5-6,14H,4,7-11H2,1H3. The number of amides is 1. The van der Waals surface area contributed by atoms with E-state index < -0.39 is 0 Å². The van der Waals surface area contributed by atoms with E-state index in [0.717, 1.165) is 24.8 Å². The molecule has 0 saturated carbocycles. The Morgan fingerprint density at radius 2 is 1.80 bits per heavy atom. The van der Waals surface area contributed by atoms with Gasteiger partial charge in [-0.1, -0.05) is 23.7 Å². The zero-order valence-corrected chi connectivity index (χ0v) is 12.5. The summed E-state index contributed by atoms with van der Waals surface area (Å²) in [5.74, 6) is 0.579. The van der Waals surface area contributed by atoms with Crippen LogP contribution in [0.2, 0.25) is 5.02 Å². The number of ketones is 1. The number of carbonyl (C=O) groups is 2. The molecule has 0 bridgehead atoms. The molecule has 1 amide bonds. The molecule has 1 heterocycles. The molecule has 2 rings (SSSR count). The van der Waals surface area contributed by atoms with Crippen molar-refractivity contribution in [3.63, 3.8) is 0 Å². The van der Waals surface area contributed by atoms with Gasteiger partial charge in [-0.05, 0) is 43.9 Å². The number of halogens is 1. The number of piperidine rings is 1. The number of nitrogens with zero attached hydrogens (tertiary/aromatic N) is 1. The Hall–Kier alpha value is -1.35. The van der Waals surface area contributed by atoms with E-state index in [4.69, 9.17) is 11.6 Å². The van der Waals surface area contributed by atoms with Crippen LogP contribution >= 0.6 is 11.6 Å². The van der Waals surface area contributed by atoms with Crippen molar-refractivity contribution in [3.8, 4) is 0 Å². The summed E-state index contributed by atoms with van der Waals surface area (Å²) in [6.07, 6.45) is 2.87. The maximum absolute atomic E-state index is 12.1. The maximum atomic E-state index is 12.1. The van der Waals surface area contributed by atoms with Crippen LogP contribution < -0.4 is 0 Å². The average Bonchev–Trinajstić information content (AvgIpc) is 2.46. The van der Waals surface area contributed by atoms with E-state index in [2.05, 4.69) is 0 Å². The summed E-state index contributed by atoms with van der Waals surface area (Å²) in [5, 5.41) is 0.714. The number of likely N-dealkylation sites (tertiary alicyclic amines) is 1. The van der Waals surface area contributed by atoms with Gasteiger partial charge in [0.25, 0.3) is 0 Å². The molecule has 1 aromatic rings. The van der Waals surface area contributed by atoms with Crippen LogP contribution in [0, 0.1) is 5.92 Å². The summed E-state index contributed by atoms with van der Waals surface area (Å²) in [5.41, 5.74) is 1.13. The zero-order chi connectivity index (χ0) is 14.5. The van der Waals surface area contributed by atoms with Gasteiger partial charge in [0.2, 0.25) is 5.91 Å². The smallest absolute Gasteiger partial charge is 0.222 e. The van der Waals surface area contributed by atoms with Gasteiger partial charge >= 0.3 is 0 Å². The van der Waals surface area contributed by atoms with Gasteiger partial charge in [-0.15, -0.1) is 0 Å². The fraction of sp³-hybridized carbons (Fsp3) is 0.500. The Morgan fingerprint density at radius 1 is 1.20 bits per heavy atom. The third kappa shape index (κ3) is 4.07. The van der Waals surface area contributed by atoms with Crippen molar-refractivity contribution in [1.82, 2.24) is 4.90 Å². The molecule has 1 aromatic carbocycles. The third-order valence-corrected chi connectivity index (χ3v) is 4.22. The molecule has 3 nitrogen and oxygen atoms in total. The molecule has 1 aliphatic heterocycles. The van der Waals surface area contributed by atoms with Gasteiger partial charge in [0, 0.05) is 30.5 Å². The molecule has 108 valence electrons. The highest BCUT2D eigenvalue weighted by molar-refractivity contribution is 6.30. The van der Waals surface area contributed by atoms with Gasteiger partial charge in [-0.2, -0.15) is 0 Å². The van der Waals surface area contributed by atoms with E-state index in [1.54, 1.807) is 6.92 Å². The zero-order valence-electron chi connectivity index (χ0n) is 11.8. The first-order valence-corrected chi connectivity index (χ1v) is 7.46. The van der Waals surface area contributed by atoms with Crippen molar-refractivity contribution >= 4 is 23.3 Å². The van der Waals surface area contributed by atoms with Gasteiger partial charge in [-0.25, -0.2) is 0 Å². The molecular weight excluding hydrogens is 274 g/mol. The Labute approximate surface area is 124 Å². The monoisotopic (exact) mass is 293 g/mol. The van der Waals surface area contributed by atoms with E-state index in [1.807, 2.05) is 29.2 Å². The number of benzene rings is 1. The second-order valence-electron chi connectivity index (χ2n) is 5.39. The van der Waals surface area contributed by atoms with Crippen LogP contribution in [0.4, 0.5) is 0 Å². The summed E-state index contributed by atoms with van der Waals surface area (Å²) in [6.45, 7) is 3.07. The molecule has 1 aliphatic rings. The molecule has 1 fully saturated rings. The molecule has 0 aromatic heterocycles. The summed E-state index contributed by atoms with van der Waals surface area (Å²) >= 11 is 5.83. The van der Waals surface area contributed by atoms with Crippen LogP contribution in [0.25, 0.3) is 0 Å². The number of rotatable bonds is 4. The molecule has 1 saturated heterocycles. The number of hydrogen-bond donors (Lipinski definition) is 0. The van der Waals surface area contributed by atoms with Crippen LogP contribution in [-0.2, 0) is 16.0 Å². The lowest BCUT2D eigenvalue weighted by molar-refractivity contribution is -0.134. The van der Waals surface area contributed by atoms with E-state index in [0.29, 0.717) is 24.5 Å². The number of Topliss-reactive ketones (excluding diaryl/α,β-unsaturated/α-hetero) is 1. The second kappa shape index (κ2) is 6.89. The summed E-state index contributed by atoms with van der Waals surface area (Å²) in [7, 11) is 0. The molecule has 0 unspecified atom stereocenters. The van der Waals surface area contributed by atoms with Crippen LogP contribution in [0.5, 0.6) is 0 Å². The number of aryl methyl sites for hydroxylation is 1. The van der Waals surface area contributed by atoms with E-state index in [9.17, 15) is 9.59 Å². The topological polar surface area (TPSA) is 37.4 Å². The van der Waals surface area contributed by atoms with Crippen molar-refractivity contribution in [2.24, 2.45) is 5.92 Å². The fourth-order valence-electron chi connectivity index (χ4n) is 2.60. The van der Waals surface area contributed by atoms with Crippen molar-refractivity contribution in [2.75, 3.05) is 13.1 Å². The van der Waals surface area contributed by atoms with Crippen molar-refractivity contribution in [3.05, 3.63) is 34.9 Å². The predicted octanol–water partition coefficient (Wildman–Crippen LogP) is 3.10. The number of hydrogen-bond acceptors (Lipinski definition) is 2. The Balaban J connectivity index is 1.78.